The van der Waals surface area contributed by atoms with Crippen LogP contribution in [0.1, 0.15) is 26.7 Å². The molecular weight excluding hydrogens is 265 g/mol. The van der Waals surface area contributed by atoms with Crippen LogP contribution >= 0.6 is 0 Å². The number of hydrogen-bond donors (Lipinski definition) is 1. The number of rotatable bonds is 5. The first-order valence-corrected chi connectivity index (χ1v) is 7.33. The number of nitrogens with zero attached hydrogens (tertiary/aromatic N) is 2. The number of nitrogens with one attached hydrogen (secondary N) is 1. The van der Waals surface area contributed by atoms with Gasteiger partial charge in [0.1, 0.15) is 0 Å². The fraction of sp³-hybridized carbons (Fsp3) is 0.500. The fourth-order valence-electron chi connectivity index (χ4n) is 1.78. The van der Waals surface area contributed by atoms with Gasteiger partial charge in [0, 0.05) is 0 Å². The van der Waals surface area contributed by atoms with Crippen molar-refractivity contribution in [1.29, 1.82) is 0 Å². The monoisotopic (exact) mass is 283 g/mol. The second-order valence-electron chi connectivity index (χ2n) is 4.00. The molecule has 0 saturated carbocycles. The Morgan fingerprint density at radius 3 is 2.81 bits per heavy atom. The summed E-state index contributed by atoms with van der Waals surface area (Å²) in [4.78, 5) is 0. The van der Waals surface area contributed by atoms with Crippen molar-refractivity contribution in [2.45, 2.75) is 26.7 Å². The molecule has 0 radical (unpaired) electrons. The standard InChI is InChI=1S/C12H17N3Se/c1-3-9(4-2)8-13-10-6-5-7-11-12(10)15-16-14-11/h5-7,9,13H,3-4,8H2,1-2H3. The molecule has 0 saturated heterocycles. The minimum atomic E-state index is 0.0645. The van der Waals surface area contributed by atoms with Gasteiger partial charge in [-0.1, -0.05) is 0 Å². The van der Waals surface area contributed by atoms with Crippen LogP contribution in [0.4, 0.5) is 5.69 Å². The average molecular weight is 282 g/mol. The summed E-state index contributed by atoms with van der Waals surface area (Å²) in [7, 11) is 0. The van der Waals surface area contributed by atoms with Crippen LogP contribution in [0.15, 0.2) is 18.2 Å². The SMILES string of the molecule is CCC(CC)CNc1cccc2n[se]nc12. The molecule has 0 aliphatic heterocycles. The Balaban J connectivity index is 2.11. The van der Waals surface area contributed by atoms with Crippen LogP contribution in [-0.2, 0) is 0 Å². The zero-order valence-electron chi connectivity index (χ0n) is 9.73. The van der Waals surface area contributed by atoms with E-state index in [9.17, 15) is 0 Å². The summed E-state index contributed by atoms with van der Waals surface area (Å²) >= 11 is 0.0645. The van der Waals surface area contributed by atoms with E-state index < -0.39 is 0 Å². The van der Waals surface area contributed by atoms with Gasteiger partial charge in [-0.15, -0.1) is 0 Å². The molecule has 1 heterocycles. The van der Waals surface area contributed by atoms with Gasteiger partial charge in [-0.2, -0.15) is 0 Å². The Labute approximate surface area is 102 Å². The van der Waals surface area contributed by atoms with Gasteiger partial charge in [-0.25, -0.2) is 0 Å². The van der Waals surface area contributed by atoms with E-state index in [1.165, 1.54) is 12.8 Å². The molecule has 16 heavy (non-hydrogen) atoms. The minimum absolute atomic E-state index is 0.0645. The third-order valence-electron chi connectivity index (χ3n) is 3.02. The Bertz CT molecular complexity index is 448. The number of benzene rings is 1. The van der Waals surface area contributed by atoms with Crippen LogP contribution in [0.5, 0.6) is 0 Å². The Kier molecular flexibility index (Phi) is 3.97. The molecule has 0 aliphatic carbocycles. The average Bonchev–Trinajstić information content (AvgIpc) is 2.79. The summed E-state index contributed by atoms with van der Waals surface area (Å²) in [5.74, 6) is 0.750. The Morgan fingerprint density at radius 2 is 2.06 bits per heavy atom. The van der Waals surface area contributed by atoms with Crippen molar-refractivity contribution in [3.63, 3.8) is 0 Å². The zero-order valence-corrected chi connectivity index (χ0v) is 11.4. The molecule has 0 aliphatic rings. The maximum absolute atomic E-state index is 4.46. The van der Waals surface area contributed by atoms with Crippen LogP contribution in [0.3, 0.4) is 0 Å². The van der Waals surface area contributed by atoms with Crippen molar-refractivity contribution in [1.82, 2.24) is 7.96 Å². The molecule has 0 unspecified atom stereocenters. The van der Waals surface area contributed by atoms with E-state index in [4.69, 9.17) is 0 Å². The van der Waals surface area contributed by atoms with Crippen molar-refractivity contribution in [3.05, 3.63) is 18.2 Å². The molecule has 86 valence electrons. The maximum atomic E-state index is 4.46. The second kappa shape index (κ2) is 5.46. The van der Waals surface area contributed by atoms with Crippen molar-refractivity contribution in [2.24, 2.45) is 5.92 Å². The third kappa shape index (κ3) is 2.45. The van der Waals surface area contributed by atoms with Crippen molar-refractivity contribution >= 4 is 31.7 Å². The van der Waals surface area contributed by atoms with Crippen LogP contribution in [0.25, 0.3) is 11.0 Å². The number of aromatic nitrogens is 2. The molecule has 4 heteroatoms. The first-order chi connectivity index (χ1) is 7.85. The summed E-state index contributed by atoms with van der Waals surface area (Å²) in [5.41, 5.74) is 3.26. The molecule has 1 N–H and O–H groups in total. The fourth-order valence-corrected chi connectivity index (χ4v) is 2.93. The molecule has 2 aromatic rings. The van der Waals surface area contributed by atoms with E-state index >= 15 is 0 Å². The van der Waals surface area contributed by atoms with Gasteiger partial charge in [-0.05, 0) is 0 Å². The quantitative estimate of drug-likeness (QED) is 0.856. The van der Waals surface area contributed by atoms with Crippen molar-refractivity contribution in [2.75, 3.05) is 11.9 Å². The molecule has 0 spiro atoms. The molecular formula is C12H17N3Se. The van der Waals surface area contributed by atoms with E-state index in [-0.39, 0.29) is 15.0 Å². The van der Waals surface area contributed by atoms with E-state index in [1.54, 1.807) is 0 Å². The normalized spacial score (nSPS) is 11.2. The molecule has 0 atom stereocenters. The topological polar surface area (TPSA) is 37.8 Å². The van der Waals surface area contributed by atoms with Gasteiger partial charge < -0.3 is 0 Å². The number of hydrogen-bond acceptors (Lipinski definition) is 3. The molecule has 1 aromatic carbocycles. The van der Waals surface area contributed by atoms with Crippen molar-refractivity contribution < 1.29 is 0 Å². The second-order valence-corrected chi connectivity index (χ2v) is 5.11. The predicted molar refractivity (Wildman–Crippen MR) is 69.0 cm³/mol. The summed E-state index contributed by atoms with van der Waals surface area (Å²) in [6.45, 7) is 5.52. The number of fused-ring (bicyclic) bond motifs is 1. The van der Waals surface area contributed by atoms with Gasteiger partial charge >= 0.3 is 102 Å². The molecule has 3 nitrogen and oxygen atoms in total. The molecule has 0 amide bonds. The third-order valence-corrected chi connectivity index (χ3v) is 4.16. The van der Waals surface area contributed by atoms with Crippen LogP contribution in [0, 0.1) is 5.92 Å². The van der Waals surface area contributed by atoms with Crippen molar-refractivity contribution in [3.8, 4) is 0 Å². The van der Waals surface area contributed by atoms with E-state index in [0.29, 0.717) is 0 Å². The van der Waals surface area contributed by atoms with Crippen LogP contribution in [-0.4, -0.2) is 29.5 Å². The van der Waals surface area contributed by atoms with Gasteiger partial charge in [0.2, 0.25) is 0 Å². The number of anilines is 1. The first-order valence-electron chi connectivity index (χ1n) is 5.80. The summed E-state index contributed by atoms with van der Waals surface area (Å²) < 4.78 is 8.85. The van der Waals surface area contributed by atoms with E-state index in [1.807, 2.05) is 6.07 Å². The van der Waals surface area contributed by atoms with Gasteiger partial charge in [-0.3, -0.25) is 0 Å². The predicted octanol–water partition coefficient (Wildman–Crippen LogP) is 2.53. The van der Waals surface area contributed by atoms with Gasteiger partial charge in [0.05, 0.1) is 0 Å². The summed E-state index contributed by atoms with van der Waals surface area (Å²) in [6, 6.07) is 6.19. The molecule has 0 bridgehead atoms. The van der Waals surface area contributed by atoms with E-state index in [2.05, 4.69) is 39.3 Å². The Morgan fingerprint density at radius 1 is 1.25 bits per heavy atom. The molecule has 0 fully saturated rings. The Hall–Kier alpha value is -0.861. The van der Waals surface area contributed by atoms with Crippen LogP contribution < -0.4 is 5.32 Å². The van der Waals surface area contributed by atoms with Gasteiger partial charge in [0.15, 0.2) is 0 Å². The zero-order chi connectivity index (χ0) is 11.4. The molecule has 1 aromatic heterocycles. The van der Waals surface area contributed by atoms with Gasteiger partial charge in [0.25, 0.3) is 0 Å². The summed E-state index contributed by atoms with van der Waals surface area (Å²) in [6.07, 6.45) is 2.45. The summed E-state index contributed by atoms with van der Waals surface area (Å²) in [5, 5.41) is 3.50. The van der Waals surface area contributed by atoms with E-state index in [0.717, 1.165) is 29.2 Å². The van der Waals surface area contributed by atoms with Crippen LogP contribution in [0.2, 0.25) is 0 Å². The molecule has 2 rings (SSSR count). The first kappa shape index (κ1) is 11.6.